The summed E-state index contributed by atoms with van der Waals surface area (Å²) in [5, 5.41) is 5.00. The van der Waals surface area contributed by atoms with Crippen LogP contribution in [-0.4, -0.2) is 73.6 Å². The zero-order valence-electron chi connectivity index (χ0n) is 19.3. The number of hydrogen-bond donors (Lipinski definition) is 2. The first-order valence-electron chi connectivity index (χ1n) is 10.6. The number of nitrogens with zero attached hydrogens (tertiary/aromatic N) is 1. The lowest BCUT2D eigenvalue weighted by atomic mass is 10.2. The van der Waals surface area contributed by atoms with E-state index in [0.717, 1.165) is 5.56 Å². The van der Waals surface area contributed by atoms with Crippen LogP contribution in [0.15, 0.2) is 30.3 Å². The molecule has 1 fully saturated rings. The first kappa shape index (κ1) is 25.8. The highest BCUT2D eigenvalue weighted by molar-refractivity contribution is 5.82. The number of alkyl carbamates (subject to hydrolysis) is 2. The van der Waals surface area contributed by atoms with Crippen LogP contribution < -0.4 is 10.6 Å². The monoisotopic (exact) mass is 465 g/mol. The molecule has 0 spiro atoms. The van der Waals surface area contributed by atoms with Gasteiger partial charge in [0.15, 0.2) is 0 Å². The number of likely N-dealkylation sites (tertiary alicyclic amines) is 1. The standard InChI is InChI=1S/C22H31N3O8/c1-22(2,3)33-20(28)24-11-10-23-19(27)32-16-12-17(18(26)30-4)25(13-16)21(29)31-14-15-8-6-5-7-9-15/h5-9,16-17H,10-14H2,1-4H3,(H,23,27)(H,24,28). The van der Waals surface area contributed by atoms with Crippen molar-refractivity contribution in [3.8, 4) is 0 Å². The third-order valence-corrected chi connectivity index (χ3v) is 4.51. The summed E-state index contributed by atoms with van der Waals surface area (Å²) in [4.78, 5) is 49.5. The van der Waals surface area contributed by atoms with Crippen molar-refractivity contribution in [1.82, 2.24) is 15.5 Å². The first-order chi connectivity index (χ1) is 15.6. The highest BCUT2D eigenvalue weighted by Crippen LogP contribution is 2.23. The largest absolute Gasteiger partial charge is 0.467 e. The van der Waals surface area contributed by atoms with Gasteiger partial charge in [-0.1, -0.05) is 30.3 Å². The number of carbonyl (C=O) groups excluding carboxylic acids is 4. The molecule has 11 heteroatoms. The SMILES string of the molecule is COC(=O)C1CC(OC(=O)NCCNC(=O)OC(C)(C)C)CN1C(=O)OCc1ccccc1. The summed E-state index contributed by atoms with van der Waals surface area (Å²) >= 11 is 0. The zero-order chi connectivity index (χ0) is 24.4. The summed E-state index contributed by atoms with van der Waals surface area (Å²) in [7, 11) is 1.22. The normalized spacial score (nSPS) is 17.6. The van der Waals surface area contributed by atoms with Crippen LogP contribution in [-0.2, 0) is 30.3 Å². The summed E-state index contributed by atoms with van der Waals surface area (Å²) in [5.74, 6) is -0.625. The van der Waals surface area contributed by atoms with Crippen molar-refractivity contribution in [3.63, 3.8) is 0 Å². The average Bonchev–Trinajstić information content (AvgIpc) is 3.17. The van der Waals surface area contributed by atoms with Crippen molar-refractivity contribution in [3.05, 3.63) is 35.9 Å². The molecule has 2 atom stereocenters. The van der Waals surface area contributed by atoms with E-state index >= 15 is 0 Å². The fraction of sp³-hybridized carbons (Fsp3) is 0.545. The van der Waals surface area contributed by atoms with E-state index in [1.807, 2.05) is 30.3 Å². The van der Waals surface area contributed by atoms with Gasteiger partial charge in [-0.15, -0.1) is 0 Å². The molecule has 2 rings (SSSR count). The minimum Gasteiger partial charge on any atom is -0.467 e. The van der Waals surface area contributed by atoms with Crippen LogP contribution in [0.1, 0.15) is 32.8 Å². The molecule has 33 heavy (non-hydrogen) atoms. The molecule has 11 nitrogen and oxygen atoms in total. The molecule has 0 aromatic heterocycles. The number of hydrogen-bond acceptors (Lipinski definition) is 8. The molecule has 182 valence electrons. The Morgan fingerprint density at radius 2 is 1.67 bits per heavy atom. The Morgan fingerprint density at radius 3 is 2.27 bits per heavy atom. The molecular formula is C22H31N3O8. The van der Waals surface area contributed by atoms with Crippen LogP contribution in [0.4, 0.5) is 14.4 Å². The Balaban J connectivity index is 1.80. The third-order valence-electron chi connectivity index (χ3n) is 4.51. The lowest BCUT2D eigenvalue weighted by Gasteiger charge is -2.21. The zero-order valence-corrected chi connectivity index (χ0v) is 19.3. The van der Waals surface area contributed by atoms with E-state index in [1.54, 1.807) is 20.8 Å². The van der Waals surface area contributed by atoms with Crippen LogP contribution in [0, 0.1) is 0 Å². The van der Waals surface area contributed by atoms with Gasteiger partial charge in [-0.2, -0.15) is 0 Å². The van der Waals surface area contributed by atoms with Crippen molar-refractivity contribution in [2.75, 3.05) is 26.7 Å². The van der Waals surface area contributed by atoms with E-state index in [-0.39, 0.29) is 32.7 Å². The Morgan fingerprint density at radius 1 is 1.03 bits per heavy atom. The lowest BCUT2D eigenvalue weighted by Crippen LogP contribution is -2.41. The van der Waals surface area contributed by atoms with Gasteiger partial charge in [-0.05, 0) is 26.3 Å². The molecule has 1 aliphatic rings. The number of esters is 1. The summed E-state index contributed by atoms with van der Waals surface area (Å²) in [6, 6.07) is 8.18. The van der Waals surface area contributed by atoms with E-state index in [0.29, 0.717) is 0 Å². The van der Waals surface area contributed by atoms with Crippen LogP contribution in [0.2, 0.25) is 0 Å². The summed E-state index contributed by atoms with van der Waals surface area (Å²) < 4.78 is 20.5. The molecule has 1 saturated heterocycles. The molecule has 0 bridgehead atoms. The van der Waals surface area contributed by atoms with E-state index in [4.69, 9.17) is 18.9 Å². The second-order valence-electron chi connectivity index (χ2n) is 8.35. The second kappa shape index (κ2) is 11.9. The Kier molecular flexibility index (Phi) is 9.31. The minimum absolute atomic E-state index is 0.0169. The fourth-order valence-corrected chi connectivity index (χ4v) is 3.08. The number of ether oxygens (including phenoxy) is 4. The Hall–Kier alpha value is -3.50. The maximum Gasteiger partial charge on any atom is 0.410 e. The maximum absolute atomic E-state index is 12.5. The molecule has 2 unspecified atom stereocenters. The van der Waals surface area contributed by atoms with Gasteiger partial charge in [0.25, 0.3) is 0 Å². The molecule has 0 aliphatic carbocycles. The minimum atomic E-state index is -0.926. The van der Waals surface area contributed by atoms with E-state index in [2.05, 4.69) is 10.6 Å². The molecule has 0 radical (unpaired) electrons. The molecule has 1 aromatic carbocycles. The van der Waals surface area contributed by atoms with Crippen molar-refractivity contribution >= 4 is 24.2 Å². The second-order valence-corrected chi connectivity index (χ2v) is 8.35. The molecule has 3 amide bonds. The summed E-state index contributed by atoms with van der Waals surface area (Å²) in [6.45, 7) is 5.49. The number of benzene rings is 1. The molecule has 1 heterocycles. The topological polar surface area (TPSA) is 132 Å². The van der Waals surface area contributed by atoms with Crippen molar-refractivity contribution < 1.29 is 38.1 Å². The van der Waals surface area contributed by atoms with Gasteiger partial charge in [0, 0.05) is 19.5 Å². The van der Waals surface area contributed by atoms with Gasteiger partial charge in [-0.3, -0.25) is 4.90 Å². The Labute approximate surface area is 192 Å². The average molecular weight is 466 g/mol. The van der Waals surface area contributed by atoms with Gasteiger partial charge < -0.3 is 29.6 Å². The predicted octanol–water partition coefficient (Wildman–Crippen LogP) is 2.19. The highest BCUT2D eigenvalue weighted by Gasteiger charge is 2.43. The van der Waals surface area contributed by atoms with Crippen molar-refractivity contribution in [1.29, 1.82) is 0 Å². The predicted molar refractivity (Wildman–Crippen MR) is 116 cm³/mol. The van der Waals surface area contributed by atoms with Gasteiger partial charge >= 0.3 is 24.2 Å². The van der Waals surface area contributed by atoms with Gasteiger partial charge in [0.05, 0.1) is 13.7 Å². The van der Waals surface area contributed by atoms with Gasteiger partial charge in [-0.25, -0.2) is 19.2 Å². The third kappa shape index (κ3) is 8.87. The lowest BCUT2D eigenvalue weighted by molar-refractivity contribution is -0.145. The quantitative estimate of drug-likeness (QED) is 0.356. The maximum atomic E-state index is 12.5. The van der Waals surface area contributed by atoms with E-state index < -0.39 is 42.0 Å². The van der Waals surface area contributed by atoms with Crippen LogP contribution in [0.25, 0.3) is 0 Å². The van der Waals surface area contributed by atoms with Crippen molar-refractivity contribution in [2.24, 2.45) is 0 Å². The molecule has 0 saturated carbocycles. The number of amides is 3. The molecular weight excluding hydrogens is 434 g/mol. The van der Waals surface area contributed by atoms with Gasteiger partial charge in [0.1, 0.15) is 24.4 Å². The van der Waals surface area contributed by atoms with E-state index in [9.17, 15) is 19.2 Å². The fourth-order valence-electron chi connectivity index (χ4n) is 3.08. The van der Waals surface area contributed by atoms with Crippen molar-refractivity contribution in [2.45, 2.75) is 51.5 Å². The smallest absolute Gasteiger partial charge is 0.410 e. The summed E-state index contributed by atoms with van der Waals surface area (Å²) in [6.07, 6.45) is -2.69. The van der Waals surface area contributed by atoms with Crippen LogP contribution in [0.3, 0.4) is 0 Å². The summed E-state index contributed by atoms with van der Waals surface area (Å²) in [5.41, 5.74) is 0.176. The molecule has 1 aromatic rings. The number of rotatable bonds is 7. The van der Waals surface area contributed by atoms with E-state index in [1.165, 1.54) is 12.0 Å². The number of nitrogens with one attached hydrogen (secondary N) is 2. The number of methoxy groups -OCH3 is 1. The first-order valence-corrected chi connectivity index (χ1v) is 10.6. The highest BCUT2D eigenvalue weighted by atomic mass is 16.6. The van der Waals surface area contributed by atoms with Crippen LogP contribution in [0.5, 0.6) is 0 Å². The Bertz CT molecular complexity index is 825. The molecule has 2 N–H and O–H groups in total. The molecule has 1 aliphatic heterocycles. The van der Waals surface area contributed by atoms with Crippen LogP contribution >= 0.6 is 0 Å². The van der Waals surface area contributed by atoms with Gasteiger partial charge in [0.2, 0.25) is 0 Å². The number of carbonyl (C=O) groups is 4.